The minimum Gasteiger partial charge on any atom is -0.0622 e. The molecule has 0 aromatic heterocycles. The third kappa shape index (κ3) is 1.68. The monoisotopic (exact) mass is 193 g/mol. The summed E-state index contributed by atoms with van der Waals surface area (Å²) in [6, 6.07) is 22.4. The summed E-state index contributed by atoms with van der Waals surface area (Å²) >= 11 is 0. The minimum atomic E-state index is 0.702. The molecule has 0 unspecified atom stereocenters. The SMILES string of the molecule is [c]1ccccc1[C@H]1C[C@@H]1c1ccccc1. The third-order valence-electron chi connectivity index (χ3n) is 3.15. The molecule has 0 saturated heterocycles. The molecule has 3 rings (SSSR count). The molecule has 0 bridgehead atoms. The van der Waals surface area contributed by atoms with E-state index in [1.807, 2.05) is 12.1 Å². The van der Waals surface area contributed by atoms with Gasteiger partial charge >= 0.3 is 0 Å². The van der Waals surface area contributed by atoms with Crippen LogP contribution in [0.1, 0.15) is 29.4 Å². The molecule has 0 nitrogen and oxygen atoms in total. The maximum absolute atomic E-state index is 3.33. The summed E-state index contributed by atoms with van der Waals surface area (Å²) in [5, 5.41) is 0. The number of hydrogen-bond donors (Lipinski definition) is 0. The summed E-state index contributed by atoms with van der Waals surface area (Å²) in [6.07, 6.45) is 1.28. The van der Waals surface area contributed by atoms with E-state index in [9.17, 15) is 0 Å². The zero-order chi connectivity index (χ0) is 10.1. The van der Waals surface area contributed by atoms with Crippen LogP contribution in [-0.2, 0) is 0 Å². The van der Waals surface area contributed by atoms with E-state index in [1.54, 1.807) is 0 Å². The fourth-order valence-corrected chi connectivity index (χ4v) is 2.25. The van der Waals surface area contributed by atoms with Gasteiger partial charge in [0, 0.05) is 0 Å². The average Bonchev–Trinajstić information content (AvgIpc) is 3.11. The largest absolute Gasteiger partial charge is 0.0622 e. The second-order valence-electron chi connectivity index (χ2n) is 4.18. The summed E-state index contributed by atoms with van der Waals surface area (Å²) in [5.74, 6) is 1.43. The molecule has 0 spiro atoms. The van der Waals surface area contributed by atoms with E-state index in [2.05, 4.69) is 48.5 Å². The van der Waals surface area contributed by atoms with Crippen molar-refractivity contribution in [1.29, 1.82) is 0 Å². The van der Waals surface area contributed by atoms with E-state index < -0.39 is 0 Å². The van der Waals surface area contributed by atoms with Crippen molar-refractivity contribution in [2.75, 3.05) is 0 Å². The first kappa shape index (κ1) is 8.72. The van der Waals surface area contributed by atoms with Crippen LogP contribution in [0.4, 0.5) is 0 Å². The Bertz CT molecular complexity index is 387. The normalized spacial score (nSPS) is 23.7. The van der Waals surface area contributed by atoms with E-state index in [4.69, 9.17) is 0 Å². The van der Waals surface area contributed by atoms with Crippen molar-refractivity contribution < 1.29 is 0 Å². The highest BCUT2D eigenvalue weighted by atomic mass is 14.4. The van der Waals surface area contributed by atoms with Gasteiger partial charge in [-0.3, -0.25) is 0 Å². The first-order valence-electron chi connectivity index (χ1n) is 5.47. The lowest BCUT2D eigenvalue weighted by Gasteiger charge is -1.99. The van der Waals surface area contributed by atoms with Crippen molar-refractivity contribution in [2.24, 2.45) is 0 Å². The lowest BCUT2D eigenvalue weighted by Crippen LogP contribution is -1.83. The second-order valence-corrected chi connectivity index (χ2v) is 4.18. The van der Waals surface area contributed by atoms with Crippen LogP contribution >= 0.6 is 0 Å². The molecule has 15 heavy (non-hydrogen) atoms. The van der Waals surface area contributed by atoms with Gasteiger partial charge in [0.15, 0.2) is 0 Å². The molecule has 2 aromatic carbocycles. The Hall–Kier alpha value is -1.56. The lowest BCUT2D eigenvalue weighted by atomic mass is 10.0. The van der Waals surface area contributed by atoms with Gasteiger partial charge in [0.05, 0.1) is 0 Å². The Morgan fingerprint density at radius 1 is 0.867 bits per heavy atom. The summed E-state index contributed by atoms with van der Waals surface area (Å²) in [6.45, 7) is 0. The van der Waals surface area contributed by atoms with Gasteiger partial charge in [0.2, 0.25) is 0 Å². The van der Waals surface area contributed by atoms with Gasteiger partial charge in [0.25, 0.3) is 0 Å². The molecule has 1 radical (unpaired) electrons. The quantitative estimate of drug-likeness (QED) is 0.681. The Morgan fingerprint density at radius 2 is 1.67 bits per heavy atom. The predicted octanol–water partition coefficient (Wildman–Crippen LogP) is 3.76. The molecule has 0 N–H and O–H groups in total. The van der Waals surface area contributed by atoms with Gasteiger partial charge in [-0.1, -0.05) is 54.6 Å². The fraction of sp³-hybridized carbons (Fsp3) is 0.200. The Kier molecular flexibility index (Phi) is 2.06. The van der Waals surface area contributed by atoms with E-state index in [1.165, 1.54) is 17.5 Å². The van der Waals surface area contributed by atoms with Crippen molar-refractivity contribution in [3.05, 3.63) is 71.8 Å². The van der Waals surface area contributed by atoms with Crippen LogP contribution in [0.25, 0.3) is 0 Å². The molecule has 1 aliphatic carbocycles. The van der Waals surface area contributed by atoms with Crippen LogP contribution in [0.15, 0.2) is 54.6 Å². The van der Waals surface area contributed by atoms with Crippen molar-refractivity contribution in [1.82, 2.24) is 0 Å². The smallest absolute Gasteiger partial charge is 0.00807 e. The molecule has 1 saturated carbocycles. The van der Waals surface area contributed by atoms with E-state index in [-0.39, 0.29) is 0 Å². The average molecular weight is 193 g/mol. The minimum absolute atomic E-state index is 0.702. The molecular weight excluding hydrogens is 180 g/mol. The summed E-state index contributed by atoms with van der Waals surface area (Å²) < 4.78 is 0. The lowest BCUT2D eigenvalue weighted by molar-refractivity contribution is 1.02. The maximum Gasteiger partial charge on any atom is -0.00807 e. The van der Waals surface area contributed by atoms with Gasteiger partial charge in [-0.25, -0.2) is 0 Å². The van der Waals surface area contributed by atoms with Crippen molar-refractivity contribution in [2.45, 2.75) is 18.3 Å². The predicted molar refractivity (Wildman–Crippen MR) is 61.8 cm³/mol. The molecule has 2 aromatic rings. The maximum atomic E-state index is 3.33. The van der Waals surface area contributed by atoms with Crippen molar-refractivity contribution in [3.63, 3.8) is 0 Å². The van der Waals surface area contributed by atoms with Crippen LogP contribution in [0.3, 0.4) is 0 Å². The molecule has 73 valence electrons. The van der Waals surface area contributed by atoms with Crippen LogP contribution in [0, 0.1) is 6.07 Å². The van der Waals surface area contributed by atoms with Crippen LogP contribution < -0.4 is 0 Å². The van der Waals surface area contributed by atoms with Crippen LogP contribution in [-0.4, -0.2) is 0 Å². The zero-order valence-corrected chi connectivity index (χ0v) is 8.56. The topological polar surface area (TPSA) is 0 Å². The Balaban J connectivity index is 1.81. The summed E-state index contributed by atoms with van der Waals surface area (Å²) in [7, 11) is 0. The molecule has 1 aliphatic rings. The van der Waals surface area contributed by atoms with Crippen LogP contribution in [0.2, 0.25) is 0 Å². The van der Waals surface area contributed by atoms with Crippen molar-refractivity contribution in [3.8, 4) is 0 Å². The highest BCUT2D eigenvalue weighted by molar-refractivity contribution is 5.35. The van der Waals surface area contributed by atoms with Gasteiger partial charge in [-0.05, 0) is 35.4 Å². The highest BCUT2D eigenvalue weighted by Crippen LogP contribution is 2.54. The zero-order valence-electron chi connectivity index (χ0n) is 8.56. The number of benzene rings is 2. The van der Waals surface area contributed by atoms with Gasteiger partial charge in [0.1, 0.15) is 0 Å². The molecule has 1 fully saturated rings. The van der Waals surface area contributed by atoms with E-state index in [0.717, 1.165) is 5.92 Å². The second kappa shape index (κ2) is 3.54. The first-order chi connectivity index (χ1) is 7.45. The summed E-state index contributed by atoms with van der Waals surface area (Å²) in [5.41, 5.74) is 2.84. The Morgan fingerprint density at radius 3 is 2.40 bits per heavy atom. The Labute approximate surface area is 90.6 Å². The summed E-state index contributed by atoms with van der Waals surface area (Å²) in [4.78, 5) is 0. The fourth-order valence-electron chi connectivity index (χ4n) is 2.25. The molecule has 0 heteroatoms. The molecular formula is C15H13. The number of hydrogen-bond acceptors (Lipinski definition) is 0. The third-order valence-corrected chi connectivity index (χ3v) is 3.15. The van der Waals surface area contributed by atoms with Crippen LogP contribution in [0.5, 0.6) is 0 Å². The van der Waals surface area contributed by atoms with Crippen molar-refractivity contribution >= 4 is 0 Å². The van der Waals surface area contributed by atoms with Gasteiger partial charge in [-0.2, -0.15) is 0 Å². The standard InChI is InChI=1S/C15H13/c1-3-7-12(8-4-1)14-11-15(14)13-9-5-2-6-10-13/h1-9,14-15H,11H2/t14-,15-/m1/s1. The molecule has 0 heterocycles. The van der Waals surface area contributed by atoms with E-state index >= 15 is 0 Å². The van der Waals surface area contributed by atoms with Gasteiger partial charge in [-0.15, -0.1) is 0 Å². The molecule has 2 atom stereocenters. The van der Waals surface area contributed by atoms with E-state index in [0.29, 0.717) is 5.92 Å². The highest BCUT2D eigenvalue weighted by Gasteiger charge is 2.39. The number of rotatable bonds is 2. The first-order valence-corrected chi connectivity index (χ1v) is 5.47. The molecule has 0 amide bonds. The van der Waals surface area contributed by atoms with Gasteiger partial charge < -0.3 is 0 Å². The molecule has 0 aliphatic heterocycles.